The summed E-state index contributed by atoms with van der Waals surface area (Å²) in [5.41, 5.74) is 1.36. The highest BCUT2D eigenvalue weighted by Gasteiger charge is 2.06. The lowest BCUT2D eigenvalue weighted by molar-refractivity contribution is 0.112. The molecule has 2 nitrogen and oxygen atoms in total. The molecule has 0 radical (unpaired) electrons. The molecule has 0 saturated heterocycles. The normalized spacial score (nSPS) is 10.2. The quantitative estimate of drug-likeness (QED) is 0.769. The van der Waals surface area contributed by atoms with Gasteiger partial charge in [-0.05, 0) is 48.9 Å². The Labute approximate surface area is 109 Å². The fraction of sp³-hybridized carbons (Fsp3) is 0.0714. The summed E-state index contributed by atoms with van der Waals surface area (Å²) in [5.74, 6) is 0.0385. The van der Waals surface area contributed by atoms with Crippen molar-refractivity contribution in [3.8, 4) is 11.5 Å². The van der Waals surface area contributed by atoms with E-state index in [1.807, 2.05) is 0 Å². The molecule has 92 valence electrons. The first kappa shape index (κ1) is 12.6. The van der Waals surface area contributed by atoms with Gasteiger partial charge in [0.15, 0.2) is 11.6 Å². The number of carbonyl (C=O) groups excluding carboxylic acids is 1. The van der Waals surface area contributed by atoms with Crippen LogP contribution in [0.1, 0.15) is 15.9 Å². The van der Waals surface area contributed by atoms with Crippen molar-refractivity contribution in [2.45, 2.75) is 6.92 Å². The summed E-state index contributed by atoms with van der Waals surface area (Å²) in [6.45, 7) is 1.79. The monoisotopic (exact) mass is 264 g/mol. The zero-order chi connectivity index (χ0) is 13.1. The second-order valence-electron chi connectivity index (χ2n) is 3.81. The van der Waals surface area contributed by atoms with Gasteiger partial charge in [-0.2, -0.15) is 0 Å². The van der Waals surface area contributed by atoms with Crippen molar-refractivity contribution in [1.82, 2.24) is 0 Å². The van der Waals surface area contributed by atoms with E-state index in [9.17, 15) is 9.18 Å². The highest BCUT2D eigenvalue weighted by atomic mass is 35.5. The maximum Gasteiger partial charge on any atom is 0.167 e. The summed E-state index contributed by atoms with van der Waals surface area (Å²) in [5, 5.41) is 0.312. The molecule has 0 heterocycles. The van der Waals surface area contributed by atoms with Crippen LogP contribution in [0.3, 0.4) is 0 Å². The van der Waals surface area contributed by atoms with Crippen molar-refractivity contribution in [2.24, 2.45) is 0 Å². The SMILES string of the molecule is Cc1cc(Oc2ccc(Cl)cc2F)ccc1C=O. The predicted molar refractivity (Wildman–Crippen MR) is 68.1 cm³/mol. The Balaban J connectivity index is 2.28. The van der Waals surface area contributed by atoms with Crippen LogP contribution in [-0.2, 0) is 0 Å². The Hall–Kier alpha value is -1.87. The molecule has 0 N–H and O–H groups in total. The van der Waals surface area contributed by atoms with Gasteiger partial charge in [-0.25, -0.2) is 4.39 Å². The lowest BCUT2D eigenvalue weighted by atomic mass is 10.1. The van der Waals surface area contributed by atoms with Crippen LogP contribution in [0.4, 0.5) is 4.39 Å². The van der Waals surface area contributed by atoms with Crippen molar-refractivity contribution in [1.29, 1.82) is 0 Å². The Kier molecular flexibility index (Phi) is 3.63. The first-order valence-electron chi connectivity index (χ1n) is 5.29. The molecule has 0 bridgehead atoms. The lowest BCUT2D eigenvalue weighted by Crippen LogP contribution is -1.91. The van der Waals surface area contributed by atoms with E-state index in [0.717, 1.165) is 11.8 Å². The largest absolute Gasteiger partial charge is 0.454 e. The van der Waals surface area contributed by atoms with Gasteiger partial charge >= 0.3 is 0 Å². The van der Waals surface area contributed by atoms with Gasteiger partial charge in [0.25, 0.3) is 0 Å². The fourth-order valence-corrected chi connectivity index (χ4v) is 1.69. The second-order valence-corrected chi connectivity index (χ2v) is 4.25. The number of hydrogen-bond acceptors (Lipinski definition) is 2. The number of rotatable bonds is 3. The average molecular weight is 265 g/mol. The molecule has 0 spiro atoms. The smallest absolute Gasteiger partial charge is 0.167 e. The third kappa shape index (κ3) is 2.68. The van der Waals surface area contributed by atoms with E-state index < -0.39 is 5.82 Å². The molecular weight excluding hydrogens is 255 g/mol. The third-order valence-electron chi connectivity index (χ3n) is 2.49. The van der Waals surface area contributed by atoms with Crippen molar-refractivity contribution < 1.29 is 13.9 Å². The molecule has 0 amide bonds. The van der Waals surface area contributed by atoms with Crippen molar-refractivity contribution in [2.75, 3.05) is 0 Å². The van der Waals surface area contributed by atoms with Crippen molar-refractivity contribution >= 4 is 17.9 Å². The summed E-state index contributed by atoms with van der Waals surface area (Å²) in [7, 11) is 0. The number of hydrogen-bond donors (Lipinski definition) is 0. The minimum atomic E-state index is -0.528. The van der Waals surface area contributed by atoms with E-state index in [-0.39, 0.29) is 5.75 Å². The number of halogens is 2. The van der Waals surface area contributed by atoms with Crippen LogP contribution in [0.15, 0.2) is 36.4 Å². The van der Waals surface area contributed by atoms with Crippen LogP contribution >= 0.6 is 11.6 Å². The van der Waals surface area contributed by atoms with Crippen LogP contribution in [0.2, 0.25) is 5.02 Å². The number of ether oxygens (including phenoxy) is 1. The first-order valence-corrected chi connectivity index (χ1v) is 5.66. The lowest BCUT2D eigenvalue weighted by Gasteiger charge is -2.08. The zero-order valence-corrected chi connectivity index (χ0v) is 10.4. The molecule has 4 heteroatoms. The predicted octanol–water partition coefficient (Wildman–Crippen LogP) is 4.39. The van der Waals surface area contributed by atoms with Crippen molar-refractivity contribution in [3.63, 3.8) is 0 Å². The van der Waals surface area contributed by atoms with Gasteiger partial charge in [-0.1, -0.05) is 11.6 Å². The number of carbonyl (C=O) groups is 1. The van der Waals surface area contributed by atoms with Gasteiger partial charge < -0.3 is 4.74 Å². The molecule has 0 aliphatic heterocycles. The second kappa shape index (κ2) is 5.19. The Bertz CT molecular complexity index is 596. The third-order valence-corrected chi connectivity index (χ3v) is 2.73. The summed E-state index contributed by atoms with van der Waals surface area (Å²) < 4.78 is 18.9. The topological polar surface area (TPSA) is 26.3 Å². The number of aryl methyl sites for hydroxylation is 1. The number of aldehydes is 1. The highest BCUT2D eigenvalue weighted by molar-refractivity contribution is 6.30. The van der Waals surface area contributed by atoms with Crippen LogP contribution in [0, 0.1) is 12.7 Å². The molecular formula is C14H10ClFO2. The molecule has 2 aromatic carbocycles. The minimum absolute atomic E-state index is 0.0950. The average Bonchev–Trinajstić information content (AvgIpc) is 2.33. The van der Waals surface area contributed by atoms with Gasteiger partial charge in [-0.15, -0.1) is 0 Å². The maximum atomic E-state index is 13.5. The molecule has 0 fully saturated rings. The van der Waals surface area contributed by atoms with E-state index in [1.54, 1.807) is 31.2 Å². The van der Waals surface area contributed by atoms with Crippen molar-refractivity contribution in [3.05, 3.63) is 58.4 Å². The Morgan fingerprint density at radius 2 is 2.00 bits per heavy atom. The van der Waals surface area contributed by atoms with E-state index in [4.69, 9.17) is 16.3 Å². The fourth-order valence-electron chi connectivity index (χ4n) is 1.53. The summed E-state index contributed by atoms with van der Waals surface area (Å²) in [6, 6.07) is 9.12. The first-order chi connectivity index (χ1) is 8.60. The van der Waals surface area contributed by atoms with E-state index in [0.29, 0.717) is 16.3 Å². The molecule has 0 unspecified atom stereocenters. The molecule has 18 heavy (non-hydrogen) atoms. The molecule has 0 aliphatic carbocycles. The van der Waals surface area contributed by atoms with Gasteiger partial charge in [0.2, 0.25) is 0 Å². The molecule has 0 aromatic heterocycles. The minimum Gasteiger partial charge on any atom is -0.454 e. The van der Waals surface area contributed by atoms with E-state index >= 15 is 0 Å². The summed E-state index contributed by atoms with van der Waals surface area (Å²) >= 11 is 5.65. The molecule has 0 atom stereocenters. The van der Waals surface area contributed by atoms with Gasteiger partial charge in [-0.3, -0.25) is 4.79 Å². The van der Waals surface area contributed by atoms with Crippen LogP contribution in [0.5, 0.6) is 11.5 Å². The summed E-state index contributed by atoms with van der Waals surface area (Å²) in [4.78, 5) is 10.7. The van der Waals surface area contributed by atoms with Gasteiger partial charge in [0, 0.05) is 10.6 Å². The molecule has 2 aromatic rings. The van der Waals surface area contributed by atoms with Gasteiger partial charge in [0.1, 0.15) is 12.0 Å². The summed E-state index contributed by atoms with van der Waals surface area (Å²) in [6.07, 6.45) is 0.766. The standard InChI is InChI=1S/C14H10ClFO2/c1-9-6-12(4-2-10(9)8-17)18-14-5-3-11(15)7-13(14)16/h2-8H,1H3. The number of benzene rings is 2. The van der Waals surface area contributed by atoms with E-state index in [1.165, 1.54) is 12.1 Å². The van der Waals surface area contributed by atoms with Crippen LogP contribution in [-0.4, -0.2) is 6.29 Å². The molecule has 0 aliphatic rings. The molecule has 2 rings (SSSR count). The highest BCUT2D eigenvalue weighted by Crippen LogP contribution is 2.27. The Morgan fingerprint density at radius 1 is 1.22 bits per heavy atom. The van der Waals surface area contributed by atoms with E-state index in [2.05, 4.69) is 0 Å². The van der Waals surface area contributed by atoms with Crippen LogP contribution < -0.4 is 4.74 Å². The van der Waals surface area contributed by atoms with Crippen LogP contribution in [0.25, 0.3) is 0 Å². The maximum absolute atomic E-state index is 13.5. The zero-order valence-electron chi connectivity index (χ0n) is 9.61. The molecule has 0 saturated carbocycles. The van der Waals surface area contributed by atoms with Gasteiger partial charge in [0.05, 0.1) is 0 Å². The Morgan fingerprint density at radius 3 is 2.61 bits per heavy atom.